The van der Waals surface area contributed by atoms with Crippen LogP contribution in [-0.2, 0) is 0 Å². The molecule has 1 unspecified atom stereocenters. The fraction of sp³-hybridized carbons (Fsp3) is 1.00. The molecule has 0 amide bonds. The molecule has 1 aliphatic heterocycles. The van der Waals surface area contributed by atoms with Gasteiger partial charge in [-0.3, -0.25) is 0 Å². The van der Waals surface area contributed by atoms with Crippen molar-refractivity contribution in [2.75, 3.05) is 13.6 Å². The summed E-state index contributed by atoms with van der Waals surface area (Å²) in [6.45, 7) is 11.2. The maximum Gasteiger partial charge on any atom is 0.0567 e. The molecule has 1 heterocycles. The van der Waals surface area contributed by atoms with Crippen molar-refractivity contribution in [3.63, 3.8) is 0 Å². The molecule has 2 heteroatoms. The fourth-order valence-electron chi connectivity index (χ4n) is 1.26. The standard InChI is InChI=1S/C7H15NO.2C2H6/c1-6-5-7(9)3-4-8(6)2;2*1-2/h6-7,9H,3-5H2,1-2H3;2*1-2H3/t6?,7-;;/m0../s1. The molecule has 0 saturated carbocycles. The van der Waals surface area contributed by atoms with Crippen molar-refractivity contribution in [2.24, 2.45) is 0 Å². The van der Waals surface area contributed by atoms with Crippen LogP contribution in [0.15, 0.2) is 0 Å². The zero-order chi connectivity index (χ0) is 10.9. The lowest BCUT2D eigenvalue weighted by molar-refractivity contribution is 0.0624. The minimum atomic E-state index is -0.0452. The highest BCUT2D eigenvalue weighted by atomic mass is 16.3. The van der Waals surface area contributed by atoms with Gasteiger partial charge in [0.25, 0.3) is 0 Å². The molecule has 2 atom stereocenters. The largest absolute Gasteiger partial charge is 0.393 e. The molecule has 0 aromatic rings. The second-order valence-corrected chi connectivity index (χ2v) is 3.01. The molecule has 1 saturated heterocycles. The van der Waals surface area contributed by atoms with E-state index >= 15 is 0 Å². The van der Waals surface area contributed by atoms with Gasteiger partial charge in [-0.1, -0.05) is 27.7 Å². The lowest BCUT2D eigenvalue weighted by Crippen LogP contribution is -2.39. The summed E-state index contributed by atoms with van der Waals surface area (Å²) in [7, 11) is 2.11. The van der Waals surface area contributed by atoms with Crippen LogP contribution in [-0.4, -0.2) is 35.7 Å². The van der Waals surface area contributed by atoms with Crippen molar-refractivity contribution < 1.29 is 5.11 Å². The number of nitrogens with zero attached hydrogens (tertiary/aromatic N) is 1. The number of hydrogen-bond acceptors (Lipinski definition) is 2. The first-order valence-electron chi connectivity index (χ1n) is 5.58. The van der Waals surface area contributed by atoms with Crippen molar-refractivity contribution in [3.05, 3.63) is 0 Å². The van der Waals surface area contributed by atoms with Gasteiger partial charge >= 0.3 is 0 Å². The third-order valence-corrected chi connectivity index (χ3v) is 2.18. The van der Waals surface area contributed by atoms with E-state index in [1.807, 2.05) is 27.7 Å². The average molecular weight is 189 g/mol. The van der Waals surface area contributed by atoms with E-state index in [1.165, 1.54) is 0 Å². The first kappa shape index (κ1) is 15.4. The molecule has 1 rings (SSSR count). The van der Waals surface area contributed by atoms with Crippen molar-refractivity contribution in [1.82, 2.24) is 4.90 Å². The SMILES string of the molecule is CC.CC.CC1C[C@@H](O)CCN1C. The summed E-state index contributed by atoms with van der Waals surface area (Å²) < 4.78 is 0. The molecule has 1 fully saturated rings. The first-order chi connectivity index (χ1) is 6.20. The predicted molar refractivity (Wildman–Crippen MR) is 60.0 cm³/mol. The maximum absolute atomic E-state index is 9.17. The van der Waals surface area contributed by atoms with Crippen LogP contribution in [0.1, 0.15) is 47.5 Å². The lowest BCUT2D eigenvalue weighted by Gasteiger charge is -2.32. The van der Waals surface area contributed by atoms with E-state index in [0.717, 1.165) is 19.4 Å². The van der Waals surface area contributed by atoms with E-state index in [1.54, 1.807) is 0 Å². The smallest absolute Gasteiger partial charge is 0.0567 e. The van der Waals surface area contributed by atoms with Gasteiger partial charge in [-0.05, 0) is 26.8 Å². The highest BCUT2D eigenvalue weighted by Crippen LogP contribution is 2.14. The zero-order valence-corrected chi connectivity index (χ0v) is 10.2. The van der Waals surface area contributed by atoms with Gasteiger partial charge in [0.15, 0.2) is 0 Å². The van der Waals surface area contributed by atoms with Gasteiger partial charge < -0.3 is 10.0 Å². The summed E-state index contributed by atoms with van der Waals surface area (Å²) in [5.74, 6) is 0. The normalized spacial score (nSPS) is 27.9. The van der Waals surface area contributed by atoms with Crippen LogP contribution in [0.5, 0.6) is 0 Å². The summed E-state index contributed by atoms with van der Waals surface area (Å²) in [5.41, 5.74) is 0. The molecule has 0 aromatic carbocycles. The fourth-order valence-corrected chi connectivity index (χ4v) is 1.26. The molecule has 1 aliphatic rings. The Bertz CT molecular complexity index is 96.1. The van der Waals surface area contributed by atoms with Crippen LogP contribution >= 0.6 is 0 Å². The van der Waals surface area contributed by atoms with E-state index in [2.05, 4.69) is 18.9 Å². The molecule has 1 N–H and O–H groups in total. The molecule has 0 aliphatic carbocycles. The molecule has 0 bridgehead atoms. The number of aliphatic hydroxyl groups excluding tert-OH is 1. The van der Waals surface area contributed by atoms with Gasteiger partial charge in [0.05, 0.1) is 6.10 Å². The number of piperidine rings is 1. The number of rotatable bonds is 0. The topological polar surface area (TPSA) is 23.5 Å². The van der Waals surface area contributed by atoms with E-state index < -0.39 is 0 Å². The zero-order valence-electron chi connectivity index (χ0n) is 10.2. The molecule has 13 heavy (non-hydrogen) atoms. The lowest BCUT2D eigenvalue weighted by atomic mass is 10.0. The molecule has 0 spiro atoms. The van der Waals surface area contributed by atoms with Gasteiger partial charge in [-0.15, -0.1) is 0 Å². The highest BCUT2D eigenvalue weighted by Gasteiger charge is 2.19. The Balaban J connectivity index is 0. The van der Waals surface area contributed by atoms with E-state index in [-0.39, 0.29) is 6.10 Å². The van der Waals surface area contributed by atoms with E-state index in [0.29, 0.717) is 6.04 Å². The van der Waals surface area contributed by atoms with Crippen molar-refractivity contribution in [1.29, 1.82) is 0 Å². The number of hydrogen-bond donors (Lipinski definition) is 1. The summed E-state index contributed by atoms with van der Waals surface area (Å²) in [5, 5.41) is 9.17. The summed E-state index contributed by atoms with van der Waals surface area (Å²) in [6.07, 6.45) is 1.84. The molecule has 0 radical (unpaired) electrons. The van der Waals surface area contributed by atoms with Crippen molar-refractivity contribution in [2.45, 2.75) is 59.6 Å². The summed E-state index contributed by atoms with van der Waals surface area (Å²) in [6, 6.07) is 0.564. The van der Waals surface area contributed by atoms with Gasteiger partial charge in [-0.25, -0.2) is 0 Å². The Labute approximate surface area is 83.9 Å². The minimum absolute atomic E-state index is 0.0452. The molecule has 0 aromatic heterocycles. The average Bonchev–Trinajstić information content (AvgIpc) is 2.18. The Kier molecular flexibility index (Phi) is 11.8. The van der Waals surface area contributed by atoms with Gasteiger partial charge in [0, 0.05) is 12.6 Å². The summed E-state index contributed by atoms with van der Waals surface area (Å²) in [4.78, 5) is 2.28. The minimum Gasteiger partial charge on any atom is -0.393 e. The third-order valence-electron chi connectivity index (χ3n) is 2.18. The van der Waals surface area contributed by atoms with Crippen molar-refractivity contribution >= 4 is 0 Å². The van der Waals surface area contributed by atoms with E-state index in [9.17, 15) is 5.11 Å². The Morgan fingerprint density at radius 1 is 1.15 bits per heavy atom. The van der Waals surface area contributed by atoms with Gasteiger partial charge in [-0.2, -0.15) is 0 Å². The van der Waals surface area contributed by atoms with Crippen LogP contribution in [0.2, 0.25) is 0 Å². The van der Waals surface area contributed by atoms with Crippen LogP contribution in [0.4, 0.5) is 0 Å². The van der Waals surface area contributed by atoms with Gasteiger partial charge in [0.1, 0.15) is 0 Å². The molecule has 2 nitrogen and oxygen atoms in total. The maximum atomic E-state index is 9.17. The molecule has 82 valence electrons. The predicted octanol–water partition coefficient (Wildman–Crippen LogP) is 2.51. The van der Waals surface area contributed by atoms with Crippen LogP contribution in [0.25, 0.3) is 0 Å². The van der Waals surface area contributed by atoms with Crippen LogP contribution < -0.4 is 0 Å². The van der Waals surface area contributed by atoms with Gasteiger partial charge in [0.2, 0.25) is 0 Å². The second kappa shape index (κ2) is 10.0. The van der Waals surface area contributed by atoms with Crippen LogP contribution in [0, 0.1) is 0 Å². The quantitative estimate of drug-likeness (QED) is 0.633. The van der Waals surface area contributed by atoms with Crippen molar-refractivity contribution in [3.8, 4) is 0 Å². The monoisotopic (exact) mass is 189 g/mol. The van der Waals surface area contributed by atoms with E-state index in [4.69, 9.17) is 0 Å². The third kappa shape index (κ3) is 7.03. The number of likely N-dealkylation sites (tertiary alicyclic amines) is 1. The first-order valence-corrected chi connectivity index (χ1v) is 5.58. The molecular formula is C11H27NO. The summed E-state index contributed by atoms with van der Waals surface area (Å²) >= 11 is 0. The Morgan fingerprint density at radius 2 is 1.62 bits per heavy atom. The Morgan fingerprint density at radius 3 is 1.92 bits per heavy atom. The highest BCUT2D eigenvalue weighted by molar-refractivity contribution is 4.75. The second-order valence-electron chi connectivity index (χ2n) is 3.01. The number of aliphatic hydroxyl groups is 1. The Hall–Kier alpha value is -0.0800. The van der Waals surface area contributed by atoms with Crippen LogP contribution in [0.3, 0.4) is 0 Å². The molecular weight excluding hydrogens is 162 g/mol.